The molecule has 0 amide bonds. The number of hydrogen-bond donors (Lipinski definition) is 1. The molecule has 1 aromatic heterocycles. The zero-order valence-electron chi connectivity index (χ0n) is 10.2. The van der Waals surface area contributed by atoms with Gasteiger partial charge in [0, 0.05) is 25.5 Å². The second-order valence-corrected chi connectivity index (χ2v) is 4.02. The number of nitriles is 1. The molecule has 0 radical (unpaired) electrons. The molecule has 90 valence electrons. The molecule has 1 N–H and O–H groups in total. The van der Waals surface area contributed by atoms with E-state index in [1.54, 1.807) is 12.4 Å². The molecular formula is C14H14N4. The van der Waals surface area contributed by atoms with E-state index in [1.807, 2.05) is 31.2 Å². The van der Waals surface area contributed by atoms with E-state index in [4.69, 9.17) is 5.26 Å². The van der Waals surface area contributed by atoms with Crippen molar-refractivity contribution in [3.8, 4) is 6.07 Å². The van der Waals surface area contributed by atoms with Crippen molar-refractivity contribution < 1.29 is 0 Å². The van der Waals surface area contributed by atoms with E-state index in [0.29, 0.717) is 18.7 Å². The lowest BCUT2D eigenvalue weighted by Gasteiger charge is -2.06. The van der Waals surface area contributed by atoms with Gasteiger partial charge in [0.25, 0.3) is 0 Å². The van der Waals surface area contributed by atoms with E-state index >= 15 is 0 Å². The first-order valence-corrected chi connectivity index (χ1v) is 5.76. The van der Waals surface area contributed by atoms with E-state index in [-0.39, 0.29) is 0 Å². The third-order valence-electron chi connectivity index (χ3n) is 2.59. The largest absolute Gasteiger partial charge is 0.307 e. The summed E-state index contributed by atoms with van der Waals surface area (Å²) in [5.41, 5.74) is 3.52. The van der Waals surface area contributed by atoms with Crippen molar-refractivity contribution in [1.29, 1.82) is 5.26 Å². The Kier molecular flexibility index (Phi) is 4.00. The molecule has 2 rings (SSSR count). The van der Waals surface area contributed by atoms with Crippen molar-refractivity contribution in [2.24, 2.45) is 0 Å². The highest BCUT2D eigenvalue weighted by Crippen LogP contribution is 2.06. The van der Waals surface area contributed by atoms with Crippen LogP contribution in [0.5, 0.6) is 0 Å². The van der Waals surface area contributed by atoms with Gasteiger partial charge >= 0.3 is 0 Å². The molecule has 0 fully saturated rings. The van der Waals surface area contributed by atoms with Gasteiger partial charge in [-0.3, -0.25) is 9.97 Å². The number of nitrogens with zero attached hydrogens (tertiary/aromatic N) is 3. The summed E-state index contributed by atoms with van der Waals surface area (Å²) in [6.45, 7) is 3.21. The highest BCUT2D eigenvalue weighted by atomic mass is 14.9. The zero-order chi connectivity index (χ0) is 12.8. The molecule has 0 unspecified atom stereocenters. The van der Waals surface area contributed by atoms with Crippen LogP contribution < -0.4 is 5.32 Å². The average molecular weight is 238 g/mol. The SMILES string of the molecule is Cc1cnc(CNCc2ccccc2C#N)cn1. The average Bonchev–Trinajstić information content (AvgIpc) is 2.41. The summed E-state index contributed by atoms with van der Waals surface area (Å²) in [6, 6.07) is 9.76. The standard InChI is InChI=1S/C14H14N4/c1-11-7-18-14(10-17-11)9-16-8-13-5-3-2-4-12(13)6-15/h2-5,7,10,16H,8-9H2,1H3. The molecule has 0 bridgehead atoms. The predicted molar refractivity (Wildman–Crippen MR) is 68.5 cm³/mol. The van der Waals surface area contributed by atoms with Crippen LogP contribution >= 0.6 is 0 Å². The van der Waals surface area contributed by atoms with Crippen molar-refractivity contribution in [3.63, 3.8) is 0 Å². The lowest BCUT2D eigenvalue weighted by atomic mass is 10.1. The zero-order valence-corrected chi connectivity index (χ0v) is 10.2. The molecule has 0 saturated carbocycles. The number of aromatic nitrogens is 2. The van der Waals surface area contributed by atoms with Gasteiger partial charge in [0.15, 0.2) is 0 Å². The van der Waals surface area contributed by atoms with E-state index in [2.05, 4.69) is 21.4 Å². The molecule has 0 aliphatic carbocycles. The number of aryl methyl sites for hydroxylation is 1. The fourth-order valence-corrected chi connectivity index (χ4v) is 1.62. The molecule has 0 atom stereocenters. The number of rotatable bonds is 4. The first-order chi connectivity index (χ1) is 8.79. The van der Waals surface area contributed by atoms with Crippen LogP contribution in [0.25, 0.3) is 0 Å². The molecule has 1 heterocycles. The second-order valence-electron chi connectivity index (χ2n) is 4.02. The van der Waals surface area contributed by atoms with Crippen molar-refractivity contribution in [2.45, 2.75) is 20.0 Å². The monoisotopic (exact) mass is 238 g/mol. The fraction of sp³-hybridized carbons (Fsp3) is 0.214. The minimum Gasteiger partial charge on any atom is -0.307 e. The Labute approximate surface area is 106 Å². The van der Waals surface area contributed by atoms with Crippen molar-refractivity contribution >= 4 is 0 Å². The van der Waals surface area contributed by atoms with Crippen LogP contribution in [0.2, 0.25) is 0 Å². The molecular weight excluding hydrogens is 224 g/mol. The maximum atomic E-state index is 8.97. The molecule has 2 aromatic rings. The van der Waals surface area contributed by atoms with Crippen LogP contribution in [0, 0.1) is 18.3 Å². The van der Waals surface area contributed by atoms with Crippen molar-refractivity contribution in [2.75, 3.05) is 0 Å². The number of hydrogen-bond acceptors (Lipinski definition) is 4. The summed E-state index contributed by atoms with van der Waals surface area (Å²) in [5, 5.41) is 12.2. The van der Waals surface area contributed by atoms with Gasteiger partial charge in [0.2, 0.25) is 0 Å². The molecule has 0 saturated heterocycles. The van der Waals surface area contributed by atoms with Crippen LogP contribution in [0.3, 0.4) is 0 Å². The Morgan fingerprint density at radius 1 is 1.17 bits per heavy atom. The minimum absolute atomic E-state index is 0.646. The fourth-order valence-electron chi connectivity index (χ4n) is 1.62. The lowest BCUT2D eigenvalue weighted by molar-refractivity contribution is 0.675. The highest BCUT2D eigenvalue weighted by molar-refractivity contribution is 5.37. The summed E-state index contributed by atoms with van der Waals surface area (Å²) in [4.78, 5) is 8.45. The van der Waals surface area contributed by atoms with Gasteiger partial charge in [-0.05, 0) is 18.6 Å². The Bertz CT molecular complexity index is 555. The van der Waals surface area contributed by atoms with E-state index in [9.17, 15) is 0 Å². The van der Waals surface area contributed by atoms with Crippen LogP contribution in [0.4, 0.5) is 0 Å². The maximum Gasteiger partial charge on any atom is 0.0995 e. The van der Waals surface area contributed by atoms with Gasteiger partial charge in [-0.2, -0.15) is 5.26 Å². The molecule has 0 aliphatic rings. The summed E-state index contributed by atoms with van der Waals surface area (Å²) < 4.78 is 0. The van der Waals surface area contributed by atoms with Gasteiger partial charge in [-0.15, -0.1) is 0 Å². The number of benzene rings is 1. The van der Waals surface area contributed by atoms with Crippen molar-refractivity contribution in [3.05, 3.63) is 59.2 Å². The molecule has 4 heteroatoms. The lowest BCUT2D eigenvalue weighted by Crippen LogP contribution is -2.14. The van der Waals surface area contributed by atoms with Gasteiger partial charge in [0.05, 0.1) is 23.0 Å². The van der Waals surface area contributed by atoms with Crippen molar-refractivity contribution in [1.82, 2.24) is 15.3 Å². The Morgan fingerprint density at radius 3 is 2.72 bits per heavy atom. The quantitative estimate of drug-likeness (QED) is 0.884. The maximum absolute atomic E-state index is 8.97. The number of nitrogens with one attached hydrogen (secondary N) is 1. The minimum atomic E-state index is 0.646. The van der Waals surface area contributed by atoms with Crippen LogP contribution in [-0.4, -0.2) is 9.97 Å². The smallest absolute Gasteiger partial charge is 0.0995 e. The van der Waals surface area contributed by atoms with Crippen LogP contribution in [0.15, 0.2) is 36.7 Å². The molecule has 0 spiro atoms. The topological polar surface area (TPSA) is 61.6 Å². The summed E-state index contributed by atoms with van der Waals surface area (Å²) in [6.07, 6.45) is 3.51. The molecule has 18 heavy (non-hydrogen) atoms. The highest BCUT2D eigenvalue weighted by Gasteiger charge is 2.00. The first-order valence-electron chi connectivity index (χ1n) is 5.76. The molecule has 0 aliphatic heterocycles. The van der Waals surface area contributed by atoms with E-state index < -0.39 is 0 Å². The van der Waals surface area contributed by atoms with Crippen LogP contribution in [-0.2, 0) is 13.1 Å². The first kappa shape index (κ1) is 12.2. The Balaban J connectivity index is 1.93. The van der Waals surface area contributed by atoms with Gasteiger partial charge in [0.1, 0.15) is 0 Å². The third kappa shape index (κ3) is 3.12. The second kappa shape index (κ2) is 5.89. The summed E-state index contributed by atoms with van der Waals surface area (Å²) in [5.74, 6) is 0. The van der Waals surface area contributed by atoms with Gasteiger partial charge in [-0.1, -0.05) is 18.2 Å². The van der Waals surface area contributed by atoms with E-state index in [1.165, 1.54) is 0 Å². The van der Waals surface area contributed by atoms with Gasteiger partial charge in [-0.25, -0.2) is 0 Å². The molecule has 4 nitrogen and oxygen atoms in total. The van der Waals surface area contributed by atoms with Gasteiger partial charge < -0.3 is 5.32 Å². The van der Waals surface area contributed by atoms with Crippen LogP contribution in [0.1, 0.15) is 22.5 Å². The summed E-state index contributed by atoms with van der Waals surface area (Å²) >= 11 is 0. The predicted octanol–water partition coefficient (Wildman–Crippen LogP) is 1.95. The Hall–Kier alpha value is -2.25. The third-order valence-corrected chi connectivity index (χ3v) is 2.59. The molecule has 1 aromatic carbocycles. The summed E-state index contributed by atoms with van der Waals surface area (Å²) in [7, 11) is 0. The normalized spacial score (nSPS) is 10.0. The Morgan fingerprint density at radius 2 is 2.00 bits per heavy atom. The van der Waals surface area contributed by atoms with E-state index in [0.717, 1.165) is 17.0 Å².